The van der Waals surface area contributed by atoms with Crippen molar-refractivity contribution < 1.29 is 9.53 Å². The third-order valence-electron chi connectivity index (χ3n) is 4.00. The maximum Gasteiger partial charge on any atom is 0.410 e. The second kappa shape index (κ2) is 7.86. The van der Waals surface area contributed by atoms with Gasteiger partial charge in [-0.2, -0.15) is 0 Å². The second-order valence-corrected chi connectivity index (χ2v) is 8.93. The molecule has 2 heterocycles. The van der Waals surface area contributed by atoms with Crippen molar-refractivity contribution in [2.24, 2.45) is 5.92 Å². The summed E-state index contributed by atoms with van der Waals surface area (Å²) in [6, 6.07) is 4.34. The summed E-state index contributed by atoms with van der Waals surface area (Å²) < 4.78 is 6.26. The molecule has 0 spiro atoms. The third-order valence-corrected chi connectivity index (χ3v) is 5.41. The number of halogens is 1. The van der Waals surface area contributed by atoms with Gasteiger partial charge in [0.15, 0.2) is 0 Å². The minimum atomic E-state index is -0.424. The van der Waals surface area contributed by atoms with Crippen LogP contribution in [-0.2, 0) is 4.74 Å². The Hall–Kier alpha value is -0.780. The van der Waals surface area contributed by atoms with Crippen LogP contribution in [0.15, 0.2) is 12.1 Å². The molecular formula is C17H27ClN2O2S. The summed E-state index contributed by atoms with van der Waals surface area (Å²) in [5.74, 6) is 0.603. The summed E-state index contributed by atoms with van der Waals surface area (Å²) in [5, 5.41) is 3.58. The van der Waals surface area contributed by atoms with E-state index in [1.54, 1.807) is 11.3 Å². The van der Waals surface area contributed by atoms with E-state index in [1.165, 1.54) is 4.88 Å². The fourth-order valence-corrected chi connectivity index (χ4v) is 3.74. The van der Waals surface area contributed by atoms with Crippen molar-refractivity contribution in [3.05, 3.63) is 21.3 Å². The molecule has 1 aliphatic rings. The fourth-order valence-electron chi connectivity index (χ4n) is 2.65. The van der Waals surface area contributed by atoms with E-state index in [0.717, 1.165) is 36.8 Å². The van der Waals surface area contributed by atoms with Crippen molar-refractivity contribution in [3.8, 4) is 0 Å². The number of hydrogen-bond donors (Lipinski definition) is 1. The van der Waals surface area contributed by atoms with Crippen molar-refractivity contribution in [1.29, 1.82) is 0 Å². The molecule has 2 rings (SSSR count). The van der Waals surface area contributed by atoms with E-state index in [-0.39, 0.29) is 6.09 Å². The molecule has 1 unspecified atom stereocenters. The van der Waals surface area contributed by atoms with Crippen molar-refractivity contribution in [2.45, 2.75) is 52.2 Å². The maximum absolute atomic E-state index is 12.1. The van der Waals surface area contributed by atoms with Gasteiger partial charge < -0.3 is 15.0 Å². The first-order valence-electron chi connectivity index (χ1n) is 8.21. The first-order chi connectivity index (χ1) is 10.7. The molecule has 6 heteroatoms. The molecule has 1 amide bonds. The molecule has 0 bridgehead atoms. The summed E-state index contributed by atoms with van der Waals surface area (Å²) in [6.07, 6.45) is 1.85. The second-order valence-electron chi connectivity index (χ2n) is 7.18. The van der Waals surface area contributed by atoms with Gasteiger partial charge in [-0.3, -0.25) is 0 Å². The molecule has 1 atom stereocenters. The Bertz CT molecular complexity index is 519. The molecule has 1 fully saturated rings. The highest BCUT2D eigenvalue weighted by Gasteiger charge is 2.26. The third kappa shape index (κ3) is 5.98. The van der Waals surface area contributed by atoms with Gasteiger partial charge in [0.25, 0.3) is 0 Å². The Morgan fingerprint density at radius 3 is 2.61 bits per heavy atom. The predicted octanol–water partition coefficient (Wildman–Crippen LogP) is 4.70. The zero-order valence-electron chi connectivity index (χ0n) is 14.4. The van der Waals surface area contributed by atoms with Gasteiger partial charge in [0, 0.05) is 24.0 Å². The normalized spacial score (nSPS) is 18.0. The molecule has 0 radical (unpaired) electrons. The van der Waals surface area contributed by atoms with Gasteiger partial charge in [-0.15, -0.1) is 11.3 Å². The molecule has 130 valence electrons. The van der Waals surface area contributed by atoms with E-state index in [1.807, 2.05) is 31.7 Å². The van der Waals surface area contributed by atoms with Crippen LogP contribution in [0.1, 0.15) is 51.5 Å². The number of carbonyl (C=O) groups is 1. The lowest BCUT2D eigenvalue weighted by molar-refractivity contribution is 0.0183. The fraction of sp³-hybridized carbons (Fsp3) is 0.706. The number of rotatable bonds is 4. The Balaban J connectivity index is 1.71. The van der Waals surface area contributed by atoms with Crippen LogP contribution >= 0.6 is 22.9 Å². The zero-order chi connectivity index (χ0) is 17.0. The van der Waals surface area contributed by atoms with E-state index in [2.05, 4.69) is 18.3 Å². The molecule has 1 N–H and O–H groups in total. The molecule has 1 saturated heterocycles. The van der Waals surface area contributed by atoms with Crippen LogP contribution in [0.4, 0.5) is 4.79 Å². The van der Waals surface area contributed by atoms with Crippen molar-refractivity contribution in [1.82, 2.24) is 10.2 Å². The van der Waals surface area contributed by atoms with E-state index in [9.17, 15) is 4.79 Å². The minimum Gasteiger partial charge on any atom is -0.444 e. The Labute approximate surface area is 148 Å². The first kappa shape index (κ1) is 18.6. The number of ether oxygens (including phenoxy) is 1. The number of carbonyl (C=O) groups excluding carboxylic acids is 1. The highest BCUT2D eigenvalue weighted by atomic mass is 35.5. The molecule has 1 aliphatic heterocycles. The number of hydrogen-bond acceptors (Lipinski definition) is 4. The van der Waals surface area contributed by atoms with Crippen molar-refractivity contribution in [2.75, 3.05) is 19.6 Å². The molecule has 23 heavy (non-hydrogen) atoms. The van der Waals surface area contributed by atoms with Gasteiger partial charge in [-0.05, 0) is 65.1 Å². The smallest absolute Gasteiger partial charge is 0.410 e. The standard InChI is InChI=1S/C17H27ClN2O2S/c1-12(14-5-6-15(18)23-14)19-11-13-7-9-20(10-8-13)16(21)22-17(2,3)4/h5-6,12-13,19H,7-11H2,1-4H3. The van der Waals surface area contributed by atoms with Crippen molar-refractivity contribution in [3.63, 3.8) is 0 Å². The average Bonchev–Trinajstić information content (AvgIpc) is 2.90. The van der Waals surface area contributed by atoms with Crippen LogP contribution in [0.5, 0.6) is 0 Å². The highest BCUT2D eigenvalue weighted by Crippen LogP contribution is 2.27. The molecule has 4 nitrogen and oxygen atoms in total. The monoisotopic (exact) mass is 358 g/mol. The van der Waals surface area contributed by atoms with Gasteiger partial charge in [-0.1, -0.05) is 11.6 Å². The van der Waals surface area contributed by atoms with Crippen LogP contribution < -0.4 is 5.32 Å². The van der Waals surface area contributed by atoms with Crippen LogP contribution in [-0.4, -0.2) is 36.2 Å². The lowest BCUT2D eigenvalue weighted by Gasteiger charge is -2.33. The quantitative estimate of drug-likeness (QED) is 0.848. The lowest BCUT2D eigenvalue weighted by Crippen LogP contribution is -2.43. The first-order valence-corrected chi connectivity index (χ1v) is 9.40. The average molecular weight is 359 g/mol. The van der Waals surface area contributed by atoms with Gasteiger partial charge >= 0.3 is 6.09 Å². The lowest BCUT2D eigenvalue weighted by atomic mass is 9.96. The van der Waals surface area contributed by atoms with E-state index in [0.29, 0.717) is 12.0 Å². The Kier molecular flexibility index (Phi) is 6.34. The molecule has 0 aliphatic carbocycles. The predicted molar refractivity (Wildman–Crippen MR) is 96.3 cm³/mol. The number of piperidine rings is 1. The van der Waals surface area contributed by atoms with Gasteiger partial charge in [0.05, 0.1) is 4.34 Å². The Morgan fingerprint density at radius 1 is 1.43 bits per heavy atom. The summed E-state index contributed by atoms with van der Waals surface area (Å²) in [5.41, 5.74) is -0.424. The molecule has 0 aromatic carbocycles. The largest absolute Gasteiger partial charge is 0.444 e. The zero-order valence-corrected chi connectivity index (χ0v) is 16.0. The molecule has 1 aromatic heterocycles. The number of nitrogens with zero attached hydrogens (tertiary/aromatic N) is 1. The number of amides is 1. The van der Waals surface area contributed by atoms with Gasteiger partial charge in [0.2, 0.25) is 0 Å². The summed E-state index contributed by atoms with van der Waals surface area (Å²) >= 11 is 7.61. The van der Waals surface area contributed by atoms with E-state index in [4.69, 9.17) is 16.3 Å². The molecule has 1 aromatic rings. The molecular weight excluding hydrogens is 332 g/mol. The number of thiophene rings is 1. The van der Waals surface area contributed by atoms with Gasteiger partial charge in [-0.25, -0.2) is 4.79 Å². The summed E-state index contributed by atoms with van der Waals surface area (Å²) in [6.45, 7) is 10.4. The highest BCUT2D eigenvalue weighted by molar-refractivity contribution is 7.16. The van der Waals surface area contributed by atoms with Crippen LogP contribution in [0.3, 0.4) is 0 Å². The van der Waals surface area contributed by atoms with Crippen LogP contribution in [0.25, 0.3) is 0 Å². The summed E-state index contributed by atoms with van der Waals surface area (Å²) in [4.78, 5) is 15.1. The Morgan fingerprint density at radius 2 is 2.09 bits per heavy atom. The van der Waals surface area contributed by atoms with Gasteiger partial charge in [0.1, 0.15) is 5.60 Å². The number of nitrogens with one attached hydrogen (secondary N) is 1. The van der Waals surface area contributed by atoms with Crippen LogP contribution in [0, 0.1) is 5.92 Å². The SMILES string of the molecule is CC(NCC1CCN(C(=O)OC(C)(C)C)CC1)c1ccc(Cl)s1. The van der Waals surface area contributed by atoms with Crippen LogP contribution in [0.2, 0.25) is 4.34 Å². The minimum absolute atomic E-state index is 0.189. The summed E-state index contributed by atoms with van der Waals surface area (Å²) in [7, 11) is 0. The van der Waals surface area contributed by atoms with E-state index >= 15 is 0 Å². The van der Waals surface area contributed by atoms with E-state index < -0.39 is 5.60 Å². The maximum atomic E-state index is 12.1. The molecule has 0 saturated carbocycles. The van der Waals surface area contributed by atoms with Crippen molar-refractivity contribution >= 4 is 29.0 Å². The number of likely N-dealkylation sites (tertiary alicyclic amines) is 1. The topological polar surface area (TPSA) is 41.6 Å².